The van der Waals surface area contributed by atoms with Gasteiger partial charge in [-0.05, 0) is 30.3 Å². The highest BCUT2D eigenvalue weighted by atomic mass is 79.9. The Balaban J connectivity index is 2.20. The highest BCUT2D eigenvalue weighted by molar-refractivity contribution is 9.10. The van der Waals surface area contributed by atoms with Crippen LogP contribution in [0.3, 0.4) is 0 Å². The van der Waals surface area contributed by atoms with E-state index in [1.54, 1.807) is 24.3 Å². The summed E-state index contributed by atoms with van der Waals surface area (Å²) in [5.41, 5.74) is 1.14. The maximum absolute atomic E-state index is 10.6. The minimum atomic E-state index is -0.460. The predicted octanol–water partition coefficient (Wildman–Crippen LogP) is 4.77. The van der Waals surface area contributed by atoms with Crippen LogP contribution in [0.25, 0.3) is 0 Å². The highest BCUT2D eigenvalue weighted by Crippen LogP contribution is 2.23. The third-order valence-corrected chi connectivity index (χ3v) is 2.68. The molecule has 6 heteroatoms. The summed E-state index contributed by atoms with van der Waals surface area (Å²) in [4.78, 5) is 10.1. The summed E-state index contributed by atoms with van der Waals surface area (Å²) in [5.74, 6) is 0. The fourth-order valence-electron chi connectivity index (χ4n) is 1.29. The summed E-state index contributed by atoms with van der Waals surface area (Å²) in [7, 11) is 0. The third-order valence-electron chi connectivity index (χ3n) is 2.15. The number of hydrogen-bond donors (Lipinski definition) is 0. The van der Waals surface area contributed by atoms with Crippen molar-refractivity contribution in [2.24, 2.45) is 10.2 Å². The summed E-state index contributed by atoms with van der Waals surface area (Å²) < 4.78 is 0.955. The van der Waals surface area contributed by atoms with E-state index >= 15 is 0 Å². The van der Waals surface area contributed by atoms with Gasteiger partial charge in [-0.1, -0.05) is 22.0 Å². The van der Waals surface area contributed by atoms with Crippen LogP contribution >= 0.6 is 15.9 Å². The molecule has 90 valence electrons. The molecule has 2 aromatic carbocycles. The molecule has 0 aliphatic rings. The maximum atomic E-state index is 10.6. The highest BCUT2D eigenvalue weighted by Gasteiger charge is 2.04. The molecule has 0 saturated carbocycles. The average Bonchev–Trinajstić information content (AvgIpc) is 2.38. The van der Waals surface area contributed by atoms with Crippen molar-refractivity contribution in [3.8, 4) is 0 Å². The largest absolute Gasteiger partial charge is 0.271 e. The zero-order valence-corrected chi connectivity index (χ0v) is 10.7. The van der Waals surface area contributed by atoms with E-state index < -0.39 is 4.92 Å². The maximum Gasteiger partial charge on any atom is 0.271 e. The number of benzene rings is 2. The van der Waals surface area contributed by atoms with Crippen molar-refractivity contribution in [2.45, 2.75) is 0 Å². The number of non-ortho nitro benzene ring substituents is 1. The van der Waals surface area contributed by atoms with E-state index in [4.69, 9.17) is 0 Å². The van der Waals surface area contributed by atoms with E-state index in [1.165, 1.54) is 12.1 Å². The molecule has 0 heterocycles. The van der Waals surface area contributed by atoms with E-state index in [0.29, 0.717) is 11.4 Å². The molecule has 0 amide bonds. The fraction of sp³-hybridized carbons (Fsp3) is 0. The van der Waals surface area contributed by atoms with Crippen molar-refractivity contribution >= 4 is 33.0 Å². The first-order valence-electron chi connectivity index (χ1n) is 5.07. The second-order valence-corrected chi connectivity index (χ2v) is 4.37. The van der Waals surface area contributed by atoms with E-state index in [2.05, 4.69) is 26.2 Å². The molecule has 0 N–H and O–H groups in total. The van der Waals surface area contributed by atoms with Gasteiger partial charge < -0.3 is 0 Å². The lowest BCUT2D eigenvalue weighted by Gasteiger charge is -1.94. The summed E-state index contributed by atoms with van der Waals surface area (Å²) in [6, 6.07) is 13.3. The van der Waals surface area contributed by atoms with Crippen molar-refractivity contribution in [1.29, 1.82) is 0 Å². The van der Waals surface area contributed by atoms with Gasteiger partial charge in [0.25, 0.3) is 5.69 Å². The lowest BCUT2D eigenvalue weighted by Crippen LogP contribution is -1.85. The number of hydrogen-bond acceptors (Lipinski definition) is 4. The number of rotatable bonds is 3. The average molecular weight is 306 g/mol. The number of nitrogens with zero attached hydrogens (tertiary/aromatic N) is 3. The second kappa shape index (κ2) is 5.50. The minimum absolute atomic E-state index is 0.00209. The van der Waals surface area contributed by atoms with Gasteiger partial charge in [0.1, 0.15) is 0 Å². The van der Waals surface area contributed by atoms with Gasteiger partial charge in [-0.15, -0.1) is 0 Å². The van der Waals surface area contributed by atoms with Gasteiger partial charge >= 0.3 is 0 Å². The van der Waals surface area contributed by atoms with Crippen LogP contribution in [0.5, 0.6) is 0 Å². The normalized spacial score (nSPS) is 10.7. The molecule has 0 radical (unpaired) electrons. The SMILES string of the molecule is O=[N+]([O-])c1cccc(N=Nc2ccc(Br)cc2)c1. The number of nitro benzene ring substituents is 1. The Bertz CT molecular complexity index is 597. The lowest BCUT2D eigenvalue weighted by molar-refractivity contribution is -0.384. The fourth-order valence-corrected chi connectivity index (χ4v) is 1.56. The standard InChI is InChI=1S/C12H8BrN3O2/c13-9-4-6-10(7-5-9)14-15-11-2-1-3-12(8-11)16(17)18/h1-8H. The Kier molecular flexibility index (Phi) is 3.78. The summed E-state index contributed by atoms with van der Waals surface area (Å²) in [6.45, 7) is 0. The Labute approximate surface area is 111 Å². The van der Waals surface area contributed by atoms with Gasteiger partial charge in [0.05, 0.1) is 16.3 Å². The molecule has 2 rings (SSSR count). The summed E-state index contributed by atoms with van der Waals surface area (Å²) in [5, 5.41) is 18.5. The Morgan fingerprint density at radius 3 is 2.33 bits per heavy atom. The molecule has 18 heavy (non-hydrogen) atoms. The van der Waals surface area contributed by atoms with Gasteiger partial charge in [0.15, 0.2) is 0 Å². The first-order chi connectivity index (χ1) is 8.65. The Hall–Kier alpha value is -2.08. The molecule has 0 unspecified atom stereocenters. The summed E-state index contributed by atoms with van der Waals surface area (Å²) in [6.07, 6.45) is 0. The number of nitro groups is 1. The zero-order valence-electron chi connectivity index (χ0n) is 9.15. The van der Waals surface area contributed by atoms with E-state index in [9.17, 15) is 10.1 Å². The quantitative estimate of drug-likeness (QED) is 0.465. The monoisotopic (exact) mass is 305 g/mol. The Morgan fingerprint density at radius 2 is 1.67 bits per heavy atom. The molecule has 0 bridgehead atoms. The molecular weight excluding hydrogens is 298 g/mol. The van der Waals surface area contributed by atoms with Crippen LogP contribution in [0, 0.1) is 10.1 Å². The molecule has 0 aliphatic heterocycles. The summed E-state index contributed by atoms with van der Waals surface area (Å²) >= 11 is 3.32. The van der Waals surface area contributed by atoms with Crippen molar-refractivity contribution in [1.82, 2.24) is 0 Å². The smallest absolute Gasteiger partial charge is 0.258 e. The zero-order chi connectivity index (χ0) is 13.0. The third kappa shape index (κ3) is 3.21. The first kappa shape index (κ1) is 12.4. The van der Waals surface area contributed by atoms with Gasteiger partial charge in [-0.25, -0.2) is 0 Å². The molecule has 0 spiro atoms. The van der Waals surface area contributed by atoms with Crippen molar-refractivity contribution in [2.75, 3.05) is 0 Å². The van der Waals surface area contributed by atoms with E-state index in [0.717, 1.165) is 4.47 Å². The molecule has 0 atom stereocenters. The molecule has 0 saturated heterocycles. The molecule has 2 aromatic rings. The molecule has 0 fully saturated rings. The minimum Gasteiger partial charge on any atom is -0.258 e. The van der Waals surface area contributed by atoms with Gasteiger partial charge in [-0.2, -0.15) is 10.2 Å². The van der Waals surface area contributed by atoms with E-state index in [1.807, 2.05) is 12.1 Å². The van der Waals surface area contributed by atoms with Crippen LogP contribution in [0.15, 0.2) is 63.2 Å². The van der Waals surface area contributed by atoms with Gasteiger partial charge in [-0.3, -0.25) is 10.1 Å². The molecule has 0 aromatic heterocycles. The number of azo groups is 1. The number of halogens is 1. The van der Waals surface area contributed by atoms with Crippen LogP contribution in [0.4, 0.5) is 17.1 Å². The van der Waals surface area contributed by atoms with Crippen molar-refractivity contribution < 1.29 is 4.92 Å². The molecular formula is C12H8BrN3O2. The lowest BCUT2D eigenvalue weighted by atomic mass is 10.3. The van der Waals surface area contributed by atoms with Crippen LogP contribution < -0.4 is 0 Å². The van der Waals surface area contributed by atoms with Crippen LogP contribution in [-0.4, -0.2) is 4.92 Å². The predicted molar refractivity (Wildman–Crippen MR) is 71.4 cm³/mol. The van der Waals surface area contributed by atoms with Crippen LogP contribution in [-0.2, 0) is 0 Å². The first-order valence-corrected chi connectivity index (χ1v) is 5.86. The van der Waals surface area contributed by atoms with E-state index in [-0.39, 0.29) is 5.69 Å². The van der Waals surface area contributed by atoms with Crippen molar-refractivity contribution in [3.63, 3.8) is 0 Å². The van der Waals surface area contributed by atoms with Crippen molar-refractivity contribution in [3.05, 3.63) is 63.1 Å². The Morgan fingerprint density at radius 1 is 1.00 bits per heavy atom. The van der Waals surface area contributed by atoms with Gasteiger partial charge in [0.2, 0.25) is 0 Å². The molecule has 5 nitrogen and oxygen atoms in total. The van der Waals surface area contributed by atoms with Crippen LogP contribution in [0.2, 0.25) is 0 Å². The topological polar surface area (TPSA) is 67.9 Å². The van der Waals surface area contributed by atoms with Gasteiger partial charge in [0, 0.05) is 16.6 Å². The van der Waals surface area contributed by atoms with Crippen LogP contribution in [0.1, 0.15) is 0 Å². The molecule has 0 aliphatic carbocycles. The second-order valence-electron chi connectivity index (χ2n) is 3.45.